The largest absolute Gasteiger partial charge is 0.448 e. The van der Waals surface area contributed by atoms with E-state index in [0.717, 1.165) is 16.9 Å². The number of nitrogens with zero attached hydrogens (tertiary/aromatic N) is 5. The van der Waals surface area contributed by atoms with Gasteiger partial charge in [0.05, 0.1) is 25.4 Å². The molecule has 0 radical (unpaired) electrons. The van der Waals surface area contributed by atoms with Gasteiger partial charge < -0.3 is 15.0 Å². The first-order chi connectivity index (χ1) is 16.2. The van der Waals surface area contributed by atoms with Gasteiger partial charge in [-0.1, -0.05) is 44.7 Å². The van der Waals surface area contributed by atoms with E-state index in [0.29, 0.717) is 35.3 Å². The van der Waals surface area contributed by atoms with Gasteiger partial charge in [0.25, 0.3) is 5.91 Å². The van der Waals surface area contributed by atoms with E-state index in [1.54, 1.807) is 25.3 Å². The van der Waals surface area contributed by atoms with E-state index in [1.807, 2.05) is 29.4 Å². The van der Waals surface area contributed by atoms with Gasteiger partial charge >= 0.3 is 6.09 Å². The van der Waals surface area contributed by atoms with Crippen molar-refractivity contribution in [3.8, 4) is 0 Å². The predicted molar refractivity (Wildman–Crippen MR) is 131 cm³/mol. The van der Waals surface area contributed by atoms with Crippen LogP contribution in [-0.2, 0) is 23.2 Å². The molecule has 3 aromatic rings. The quantitative estimate of drug-likeness (QED) is 0.422. The first-order valence-corrected chi connectivity index (χ1v) is 12.3. The van der Waals surface area contributed by atoms with Crippen molar-refractivity contribution in [2.45, 2.75) is 51.4 Å². The Bertz CT molecular complexity index is 1220. The molecule has 1 amide bonds. The second kappa shape index (κ2) is 9.46. The molecule has 1 aliphatic heterocycles. The number of thioether (sulfide) groups is 1. The Labute approximate surface area is 202 Å². The van der Waals surface area contributed by atoms with Crippen LogP contribution in [0.15, 0.2) is 41.7 Å². The molecule has 1 N–H and O–H groups in total. The second-order valence-corrected chi connectivity index (χ2v) is 9.70. The first kappa shape index (κ1) is 23.7. The molecular weight excluding hydrogens is 452 g/mol. The summed E-state index contributed by atoms with van der Waals surface area (Å²) in [5, 5.41) is 7.93. The average Bonchev–Trinajstić information content (AvgIpc) is 3.39. The number of benzene rings is 1. The van der Waals surface area contributed by atoms with Crippen molar-refractivity contribution >= 4 is 35.4 Å². The van der Waals surface area contributed by atoms with Crippen LogP contribution in [-0.4, -0.2) is 44.6 Å². The molecule has 0 saturated heterocycles. The summed E-state index contributed by atoms with van der Waals surface area (Å²) in [5.74, 6) is 0.789. The van der Waals surface area contributed by atoms with Crippen LogP contribution < -0.4 is 10.2 Å². The lowest BCUT2D eigenvalue weighted by molar-refractivity contribution is 0.102. The predicted octanol–water partition coefficient (Wildman–Crippen LogP) is 4.47. The fourth-order valence-electron chi connectivity index (χ4n) is 3.75. The lowest BCUT2D eigenvalue weighted by Crippen LogP contribution is -2.23. The van der Waals surface area contributed by atoms with Crippen molar-refractivity contribution in [1.82, 2.24) is 19.7 Å². The van der Waals surface area contributed by atoms with Crippen molar-refractivity contribution in [3.63, 3.8) is 0 Å². The number of rotatable bonds is 5. The normalized spacial score (nSPS) is 13.0. The van der Waals surface area contributed by atoms with Gasteiger partial charge in [-0.2, -0.15) is 4.68 Å². The minimum atomic E-state index is -0.580. The Kier molecular flexibility index (Phi) is 6.60. The average molecular weight is 481 g/mol. The Balaban J connectivity index is 1.62. The van der Waals surface area contributed by atoms with Crippen LogP contribution >= 0.6 is 11.8 Å². The van der Waals surface area contributed by atoms with Gasteiger partial charge in [-0.3, -0.25) is 4.79 Å². The third kappa shape index (κ3) is 4.77. The Morgan fingerprint density at radius 3 is 2.53 bits per heavy atom. The number of carbonyl (C=O) groups excluding carboxylic acids is 2. The molecule has 1 aromatic carbocycles. The molecule has 2 aromatic heterocycles. The van der Waals surface area contributed by atoms with Crippen LogP contribution in [0.4, 0.5) is 16.4 Å². The molecule has 10 heteroatoms. The summed E-state index contributed by atoms with van der Waals surface area (Å²) < 4.78 is 6.41. The first-order valence-electron chi connectivity index (χ1n) is 11.0. The minimum absolute atomic E-state index is 0.00512. The number of fused-ring (bicyclic) bond motifs is 1. The van der Waals surface area contributed by atoms with Gasteiger partial charge in [-0.05, 0) is 42.4 Å². The number of carbonyl (C=O) groups is 2. The highest BCUT2D eigenvalue weighted by atomic mass is 32.2. The molecule has 0 aliphatic carbocycles. The van der Waals surface area contributed by atoms with Gasteiger partial charge in [0.1, 0.15) is 5.82 Å². The standard InChI is InChI=1S/C24H28N6O3S/c1-6-33-23(32)30-18-14-29(19-11-12-25-22(26-19)34-5)13-17(18)20(28-30)27-21(31)15-7-9-16(10-8-15)24(2,3)4/h7-12H,6,13-14H2,1-5H3,(H,27,28,31). The van der Waals surface area contributed by atoms with Crippen molar-refractivity contribution in [2.75, 3.05) is 23.1 Å². The molecule has 0 saturated carbocycles. The fraction of sp³-hybridized carbons (Fsp3) is 0.375. The van der Waals surface area contributed by atoms with Crippen molar-refractivity contribution in [2.24, 2.45) is 0 Å². The molecule has 34 heavy (non-hydrogen) atoms. The number of nitrogens with one attached hydrogen (secondary N) is 1. The Hall–Kier alpha value is -3.40. The minimum Gasteiger partial charge on any atom is -0.448 e. The third-order valence-corrected chi connectivity index (χ3v) is 6.15. The number of anilines is 2. The van der Waals surface area contributed by atoms with Gasteiger partial charge in [-0.15, -0.1) is 5.10 Å². The van der Waals surface area contributed by atoms with Crippen molar-refractivity contribution < 1.29 is 14.3 Å². The topological polar surface area (TPSA) is 102 Å². The number of amides is 1. The molecular formula is C24H28N6O3S. The lowest BCUT2D eigenvalue weighted by atomic mass is 9.87. The highest BCUT2D eigenvalue weighted by Gasteiger charge is 2.32. The van der Waals surface area contributed by atoms with Crippen molar-refractivity contribution in [3.05, 3.63) is 58.9 Å². The Morgan fingerprint density at radius 1 is 1.15 bits per heavy atom. The van der Waals surface area contributed by atoms with Gasteiger partial charge in [0.15, 0.2) is 11.0 Å². The monoisotopic (exact) mass is 480 g/mol. The molecule has 0 atom stereocenters. The molecule has 0 fully saturated rings. The Morgan fingerprint density at radius 2 is 1.88 bits per heavy atom. The van der Waals surface area contributed by atoms with Crippen LogP contribution in [0.5, 0.6) is 0 Å². The van der Waals surface area contributed by atoms with Gasteiger partial charge in [0, 0.05) is 17.3 Å². The van der Waals surface area contributed by atoms with Crippen LogP contribution in [0, 0.1) is 0 Å². The summed E-state index contributed by atoms with van der Waals surface area (Å²) in [6.07, 6.45) is 3.04. The number of aromatic nitrogens is 4. The van der Waals surface area contributed by atoms with Gasteiger partial charge in [-0.25, -0.2) is 14.8 Å². The molecule has 4 rings (SSSR count). The summed E-state index contributed by atoms with van der Waals surface area (Å²) >= 11 is 1.46. The highest BCUT2D eigenvalue weighted by Crippen LogP contribution is 2.33. The van der Waals surface area contributed by atoms with Crippen LogP contribution in [0.2, 0.25) is 0 Å². The maximum atomic E-state index is 13.0. The SMILES string of the molecule is CCOC(=O)n1nc(NC(=O)c2ccc(C(C)(C)C)cc2)c2c1CN(c1ccnc(SC)n1)C2. The molecule has 0 bridgehead atoms. The van der Waals surface area contributed by atoms with Crippen LogP contribution in [0.3, 0.4) is 0 Å². The van der Waals surface area contributed by atoms with E-state index >= 15 is 0 Å². The molecule has 0 spiro atoms. The van der Waals surface area contributed by atoms with E-state index < -0.39 is 6.09 Å². The summed E-state index contributed by atoms with van der Waals surface area (Å²) in [7, 11) is 0. The smallest absolute Gasteiger partial charge is 0.435 e. The highest BCUT2D eigenvalue weighted by molar-refractivity contribution is 7.98. The summed E-state index contributed by atoms with van der Waals surface area (Å²) in [6, 6.07) is 9.33. The zero-order chi connectivity index (χ0) is 24.5. The van der Waals surface area contributed by atoms with Gasteiger partial charge in [0.2, 0.25) is 0 Å². The number of hydrogen-bond donors (Lipinski definition) is 1. The second-order valence-electron chi connectivity index (χ2n) is 8.92. The number of ether oxygens (including phenoxy) is 1. The molecule has 0 unspecified atom stereocenters. The maximum Gasteiger partial charge on any atom is 0.435 e. The zero-order valence-corrected chi connectivity index (χ0v) is 20.8. The lowest BCUT2D eigenvalue weighted by Gasteiger charge is -2.19. The van der Waals surface area contributed by atoms with E-state index in [9.17, 15) is 9.59 Å². The summed E-state index contributed by atoms with van der Waals surface area (Å²) in [5.41, 5.74) is 3.08. The summed E-state index contributed by atoms with van der Waals surface area (Å²) in [6.45, 7) is 9.18. The zero-order valence-electron chi connectivity index (χ0n) is 20.0. The third-order valence-electron chi connectivity index (χ3n) is 5.59. The maximum absolute atomic E-state index is 13.0. The van der Waals surface area contributed by atoms with E-state index in [4.69, 9.17) is 4.74 Å². The van der Waals surface area contributed by atoms with Crippen molar-refractivity contribution in [1.29, 1.82) is 0 Å². The van der Waals surface area contributed by atoms with E-state index in [1.165, 1.54) is 16.4 Å². The van der Waals surface area contributed by atoms with Crippen LogP contribution in [0.1, 0.15) is 54.9 Å². The van der Waals surface area contributed by atoms with E-state index in [-0.39, 0.29) is 17.9 Å². The molecule has 3 heterocycles. The fourth-order valence-corrected chi connectivity index (χ4v) is 4.10. The molecule has 9 nitrogen and oxygen atoms in total. The molecule has 1 aliphatic rings. The molecule has 178 valence electrons. The van der Waals surface area contributed by atoms with E-state index in [2.05, 4.69) is 41.2 Å². The van der Waals surface area contributed by atoms with Crippen LogP contribution in [0.25, 0.3) is 0 Å². The summed E-state index contributed by atoms with van der Waals surface area (Å²) in [4.78, 5) is 36.4. The number of hydrogen-bond acceptors (Lipinski definition) is 8.